The molecule has 0 N–H and O–H groups in total. The number of rotatable bonds is 4. The van der Waals surface area contributed by atoms with E-state index in [2.05, 4.69) is 21.0 Å². The Morgan fingerprint density at radius 1 is 1.53 bits per heavy atom. The highest BCUT2D eigenvalue weighted by molar-refractivity contribution is 9.10. The maximum atomic E-state index is 13.9. The molecule has 0 fully saturated rings. The van der Waals surface area contributed by atoms with Gasteiger partial charge >= 0.3 is 0 Å². The predicted molar refractivity (Wildman–Crippen MR) is 72.0 cm³/mol. The zero-order valence-electron chi connectivity index (χ0n) is 10.5. The van der Waals surface area contributed by atoms with Crippen molar-refractivity contribution in [3.63, 3.8) is 0 Å². The molecule has 0 aliphatic carbocycles. The number of hydrogen-bond acceptors (Lipinski definition) is 3. The Morgan fingerprint density at radius 3 is 2.84 bits per heavy atom. The van der Waals surface area contributed by atoms with Crippen molar-refractivity contribution in [1.82, 2.24) is 9.78 Å². The van der Waals surface area contributed by atoms with Crippen molar-refractivity contribution in [2.75, 3.05) is 7.11 Å². The highest BCUT2D eigenvalue weighted by atomic mass is 79.9. The number of aromatic nitrogens is 2. The summed E-state index contributed by atoms with van der Waals surface area (Å²) in [5, 5.41) is 4.05. The number of ketones is 1. The molecule has 0 bridgehead atoms. The topological polar surface area (TPSA) is 44.1 Å². The second kappa shape index (κ2) is 5.52. The van der Waals surface area contributed by atoms with Gasteiger partial charge in [0.1, 0.15) is 17.3 Å². The fourth-order valence-corrected chi connectivity index (χ4v) is 2.24. The first-order valence-corrected chi connectivity index (χ1v) is 6.47. The zero-order chi connectivity index (χ0) is 14.0. The number of aryl methyl sites for hydroxylation is 1. The third kappa shape index (κ3) is 2.53. The van der Waals surface area contributed by atoms with E-state index in [4.69, 9.17) is 4.74 Å². The van der Waals surface area contributed by atoms with Crippen LogP contribution >= 0.6 is 15.9 Å². The van der Waals surface area contributed by atoms with Crippen LogP contribution in [-0.4, -0.2) is 22.7 Å². The average molecular weight is 327 g/mol. The number of carbonyl (C=O) groups excluding carboxylic acids is 1. The first kappa shape index (κ1) is 13.7. The third-order valence-electron chi connectivity index (χ3n) is 2.73. The lowest BCUT2D eigenvalue weighted by Crippen LogP contribution is -2.12. The molecule has 1 aromatic carbocycles. The molecular formula is C13H12BrFN2O2. The standard InChI is InChI=1S/C13H12BrFN2O2/c1-3-17-12(10(14)7-16-17)13(18)9-5-4-8(19-2)6-11(9)15/h4-7H,3H2,1-2H3. The van der Waals surface area contributed by atoms with Gasteiger partial charge in [-0.05, 0) is 35.0 Å². The van der Waals surface area contributed by atoms with Crippen molar-refractivity contribution in [3.8, 4) is 5.75 Å². The first-order valence-electron chi connectivity index (χ1n) is 5.68. The monoisotopic (exact) mass is 326 g/mol. The predicted octanol–water partition coefficient (Wildman–Crippen LogP) is 3.04. The Hall–Kier alpha value is -1.69. The van der Waals surface area contributed by atoms with Gasteiger partial charge in [0, 0.05) is 12.6 Å². The van der Waals surface area contributed by atoms with E-state index in [0.717, 1.165) is 0 Å². The Morgan fingerprint density at radius 2 is 2.26 bits per heavy atom. The molecular weight excluding hydrogens is 315 g/mol. The lowest BCUT2D eigenvalue weighted by atomic mass is 10.1. The SMILES string of the molecule is CCn1ncc(Br)c1C(=O)c1ccc(OC)cc1F. The Balaban J connectivity index is 2.47. The molecule has 2 aromatic rings. The van der Waals surface area contributed by atoms with Crippen LogP contribution in [-0.2, 0) is 6.54 Å². The second-order valence-corrected chi connectivity index (χ2v) is 4.69. The van der Waals surface area contributed by atoms with Crippen molar-refractivity contribution in [3.05, 3.63) is 45.9 Å². The number of hydrogen-bond donors (Lipinski definition) is 0. The van der Waals surface area contributed by atoms with Crippen LogP contribution in [0, 0.1) is 5.82 Å². The van der Waals surface area contributed by atoms with Crippen molar-refractivity contribution in [1.29, 1.82) is 0 Å². The molecule has 4 nitrogen and oxygen atoms in total. The van der Waals surface area contributed by atoms with E-state index < -0.39 is 11.6 Å². The van der Waals surface area contributed by atoms with Gasteiger partial charge < -0.3 is 4.74 Å². The van der Waals surface area contributed by atoms with Crippen LogP contribution in [0.5, 0.6) is 5.75 Å². The summed E-state index contributed by atoms with van der Waals surface area (Å²) in [6.45, 7) is 2.39. The summed E-state index contributed by atoms with van der Waals surface area (Å²) < 4.78 is 20.9. The molecule has 6 heteroatoms. The van der Waals surface area contributed by atoms with Crippen LogP contribution in [0.4, 0.5) is 4.39 Å². The van der Waals surface area contributed by atoms with Crippen molar-refractivity contribution in [2.45, 2.75) is 13.5 Å². The maximum Gasteiger partial charge on any atom is 0.215 e. The van der Waals surface area contributed by atoms with Crippen LogP contribution < -0.4 is 4.74 Å². The molecule has 100 valence electrons. The lowest BCUT2D eigenvalue weighted by molar-refractivity contribution is 0.102. The van der Waals surface area contributed by atoms with Gasteiger partial charge in [-0.2, -0.15) is 5.10 Å². The molecule has 0 saturated heterocycles. The fraction of sp³-hybridized carbons (Fsp3) is 0.231. The lowest BCUT2D eigenvalue weighted by Gasteiger charge is -2.07. The van der Waals surface area contributed by atoms with Crippen molar-refractivity contribution < 1.29 is 13.9 Å². The number of benzene rings is 1. The molecule has 0 amide bonds. The van der Waals surface area contributed by atoms with Gasteiger partial charge in [-0.1, -0.05) is 0 Å². The molecule has 0 aliphatic rings. The number of halogens is 2. The Bertz CT molecular complexity index is 625. The molecule has 0 saturated carbocycles. The van der Waals surface area contributed by atoms with Crippen molar-refractivity contribution in [2.24, 2.45) is 0 Å². The molecule has 2 rings (SSSR count). The summed E-state index contributed by atoms with van der Waals surface area (Å²) in [6, 6.07) is 4.15. The minimum absolute atomic E-state index is 0.00306. The average Bonchev–Trinajstić information content (AvgIpc) is 2.78. The normalized spacial score (nSPS) is 10.5. The number of nitrogens with zero attached hydrogens (tertiary/aromatic N) is 2. The van der Waals surface area contributed by atoms with Gasteiger partial charge in [0.05, 0.1) is 23.3 Å². The van der Waals surface area contributed by atoms with Gasteiger partial charge in [0.25, 0.3) is 0 Å². The van der Waals surface area contributed by atoms with E-state index in [1.165, 1.54) is 30.1 Å². The first-order chi connectivity index (χ1) is 9.08. The maximum absolute atomic E-state index is 13.9. The van der Waals surface area contributed by atoms with E-state index in [1.807, 2.05) is 6.92 Å². The van der Waals surface area contributed by atoms with Crippen LogP contribution in [0.2, 0.25) is 0 Å². The van der Waals surface area contributed by atoms with E-state index in [9.17, 15) is 9.18 Å². The summed E-state index contributed by atoms with van der Waals surface area (Å²) >= 11 is 3.26. The van der Waals surface area contributed by atoms with Crippen LogP contribution in [0.3, 0.4) is 0 Å². The van der Waals surface area contributed by atoms with Gasteiger partial charge in [0.15, 0.2) is 0 Å². The van der Waals surface area contributed by atoms with Gasteiger partial charge in [-0.3, -0.25) is 9.48 Å². The molecule has 1 aromatic heterocycles. The molecule has 0 unspecified atom stereocenters. The Kier molecular flexibility index (Phi) is 3.99. The smallest absolute Gasteiger partial charge is 0.215 e. The number of carbonyl (C=O) groups is 1. The van der Waals surface area contributed by atoms with E-state index in [-0.39, 0.29) is 5.56 Å². The molecule has 0 atom stereocenters. The molecule has 0 spiro atoms. The second-order valence-electron chi connectivity index (χ2n) is 3.83. The molecule has 1 heterocycles. The number of methoxy groups -OCH3 is 1. The van der Waals surface area contributed by atoms with Gasteiger partial charge in [0.2, 0.25) is 5.78 Å². The highest BCUT2D eigenvalue weighted by Crippen LogP contribution is 2.23. The Labute approximate surface area is 118 Å². The highest BCUT2D eigenvalue weighted by Gasteiger charge is 2.21. The molecule has 0 radical (unpaired) electrons. The van der Waals surface area contributed by atoms with E-state index >= 15 is 0 Å². The largest absolute Gasteiger partial charge is 0.497 e. The minimum atomic E-state index is -0.611. The minimum Gasteiger partial charge on any atom is -0.497 e. The van der Waals surface area contributed by atoms with Crippen LogP contribution in [0.25, 0.3) is 0 Å². The summed E-state index contributed by atoms with van der Waals surface area (Å²) in [7, 11) is 1.44. The summed E-state index contributed by atoms with van der Waals surface area (Å²) in [4.78, 5) is 12.4. The van der Waals surface area contributed by atoms with Gasteiger partial charge in [-0.15, -0.1) is 0 Å². The van der Waals surface area contributed by atoms with Crippen LogP contribution in [0.15, 0.2) is 28.9 Å². The summed E-state index contributed by atoms with van der Waals surface area (Å²) in [5.74, 6) is -0.649. The molecule has 0 aliphatic heterocycles. The quantitative estimate of drug-likeness (QED) is 0.811. The fourth-order valence-electron chi connectivity index (χ4n) is 1.76. The zero-order valence-corrected chi connectivity index (χ0v) is 12.1. The van der Waals surface area contributed by atoms with E-state index in [1.54, 1.807) is 6.07 Å². The van der Waals surface area contributed by atoms with Gasteiger partial charge in [-0.25, -0.2) is 4.39 Å². The number of ether oxygens (including phenoxy) is 1. The van der Waals surface area contributed by atoms with E-state index in [0.29, 0.717) is 22.5 Å². The third-order valence-corrected chi connectivity index (χ3v) is 3.31. The molecule has 19 heavy (non-hydrogen) atoms. The van der Waals surface area contributed by atoms with Crippen molar-refractivity contribution >= 4 is 21.7 Å². The van der Waals surface area contributed by atoms with Crippen LogP contribution in [0.1, 0.15) is 23.0 Å². The summed E-state index contributed by atoms with van der Waals surface area (Å²) in [6.07, 6.45) is 1.53. The summed E-state index contributed by atoms with van der Waals surface area (Å²) in [5.41, 5.74) is 0.336.